The number of carbonyl (C=O) groups is 1. The number of carboxylic acids is 1. The van der Waals surface area contributed by atoms with E-state index < -0.39 is 11.9 Å². The molecule has 1 aromatic rings. The van der Waals surface area contributed by atoms with Crippen molar-refractivity contribution in [3.05, 3.63) is 24.2 Å². The molecule has 0 saturated carbocycles. The highest BCUT2D eigenvalue weighted by Crippen LogP contribution is 2.13. The van der Waals surface area contributed by atoms with E-state index in [0.29, 0.717) is 0 Å². The van der Waals surface area contributed by atoms with Crippen molar-refractivity contribution < 1.29 is 19.1 Å². The van der Waals surface area contributed by atoms with Crippen LogP contribution in [-0.4, -0.2) is 17.4 Å². The van der Waals surface area contributed by atoms with Crippen LogP contribution >= 0.6 is 0 Å². The Morgan fingerprint density at radius 3 is 2.82 bits per heavy atom. The molecular weight excluding hydrogens is 148 g/mol. The smallest absolute Gasteiger partial charge is 0.322 e. The summed E-state index contributed by atoms with van der Waals surface area (Å²) < 4.78 is 4.70. The molecule has 0 aromatic carbocycles. The van der Waals surface area contributed by atoms with Gasteiger partial charge in [0, 0.05) is 0 Å². The largest absolute Gasteiger partial charge is 0.480 e. The maximum atomic E-state index is 10.3. The molecule has 0 saturated heterocycles. The summed E-state index contributed by atoms with van der Waals surface area (Å²) in [7, 11) is 0. The number of hydrogen-bond donors (Lipinski definition) is 1. The van der Waals surface area contributed by atoms with Crippen LogP contribution in [0.15, 0.2) is 22.8 Å². The average molecular weight is 153 g/mol. The normalized spacial score (nSPS) is 12.4. The van der Waals surface area contributed by atoms with Crippen LogP contribution in [0, 0.1) is 0 Å². The highest BCUT2D eigenvalue weighted by molar-refractivity contribution is 5.92. The predicted octanol–water partition coefficient (Wildman–Crippen LogP) is 0.557. The van der Waals surface area contributed by atoms with Gasteiger partial charge in [0.25, 0.3) is 0 Å². The van der Waals surface area contributed by atoms with Gasteiger partial charge in [-0.15, -0.1) is 0 Å². The Bertz CT molecular complexity index is 249. The summed E-state index contributed by atoms with van der Waals surface area (Å²) in [5.74, 6) is -2.45. The second-order valence-corrected chi connectivity index (χ2v) is 1.90. The lowest BCUT2D eigenvalue weighted by Gasteiger charge is -1.96. The molecule has 1 heterocycles. The first-order valence-corrected chi connectivity index (χ1v) is 2.89. The molecule has 0 aliphatic carbocycles. The zero-order chi connectivity index (χ0) is 8.27. The van der Waals surface area contributed by atoms with Crippen LogP contribution in [0.1, 0.15) is 11.7 Å². The van der Waals surface area contributed by atoms with E-state index in [1.807, 2.05) is 0 Å². The molecule has 57 valence electrons. The third-order valence-electron chi connectivity index (χ3n) is 1.19. The van der Waals surface area contributed by atoms with E-state index in [2.05, 4.69) is 0 Å². The Hall–Kier alpha value is -1.58. The van der Waals surface area contributed by atoms with Crippen molar-refractivity contribution >= 4 is 12.3 Å². The number of carbonyl (C=O) groups excluding carboxylic acids is 1. The fourth-order valence-corrected chi connectivity index (χ4v) is 0.686. The van der Waals surface area contributed by atoms with Crippen LogP contribution in [0.2, 0.25) is 0 Å². The van der Waals surface area contributed by atoms with E-state index in [4.69, 9.17) is 9.52 Å². The van der Waals surface area contributed by atoms with Crippen LogP contribution in [0.4, 0.5) is 0 Å². The van der Waals surface area contributed by atoms with Crippen LogP contribution in [-0.2, 0) is 9.59 Å². The van der Waals surface area contributed by atoms with E-state index in [1.54, 1.807) is 0 Å². The third-order valence-corrected chi connectivity index (χ3v) is 1.19. The van der Waals surface area contributed by atoms with Crippen molar-refractivity contribution in [2.45, 2.75) is 5.92 Å². The third kappa shape index (κ3) is 1.46. The van der Waals surface area contributed by atoms with E-state index >= 15 is 0 Å². The minimum Gasteiger partial charge on any atom is -0.480 e. The van der Waals surface area contributed by atoms with E-state index in [0.717, 1.165) is 0 Å². The molecule has 4 nitrogen and oxygen atoms in total. The lowest BCUT2D eigenvalue weighted by molar-refractivity contribution is -0.137. The maximum absolute atomic E-state index is 10.3. The van der Waals surface area contributed by atoms with Crippen molar-refractivity contribution in [1.82, 2.24) is 0 Å². The first-order valence-electron chi connectivity index (χ1n) is 2.89. The Morgan fingerprint density at radius 1 is 1.73 bits per heavy atom. The van der Waals surface area contributed by atoms with Gasteiger partial charge in [-0.25, -0.2) is 0 Å². The van der Waals surface area contributed by atoms with E-state index in [-0.39, 0.29) is 5.76 Å². The van der Waals surface area contributed by atoms with Gasteiger partial charge in [0.2, 0.25) is 6.29 Å². The van der Waals surface area contributed by atoms with Crippen molar-refractivity contribution in [3.8, 4) is 0 Å². The van der Waals surface area contributed by atoms with Gasteiger partial charge in [0.15, 0.2) is 5.92 Å². The Morgan fingerprint density at radius 2 is 2.45 bits per heavy atom. The maximum Gasteiger partial charge on any atom is 0.322 e. The molecule has 0 aliphatic rings. The molecule has 11 heavy (non-hydrogen) atoms. The van der Waals surface area contributed by atoms with Gasteiger partial charge < -0.3 is 9.52 Å². The SMILES string of the molecule is O=[C]C(C(=O)O)c1ccco1. The highest BCUT2D eigenvalue weighted by atomic mass is 16.4. The molecular formula is C7H5O4. The van der Waals surface area contributed by atoms with Gasteiger partial charge in [0.05, 0.1) is 6.26 Å². The van der Waals surface area contributed by atoms with Crippen molar-refractivity contribution in [2.24, 2.45) is 0 Å². The zero-order valence-corrected chi connectivity index (χ0v) is 5.48. The highest BCUT2D eigenvalue weighted by Gasteiger charge is 2.22. The summed E-state index contributed by atoms with van der Waals surface area (Å²) in [6.45, 7) is 0. The molecule has 1 N–H and O–H groups in total. The topological polar surface area (TPSA) is 67.5 Å². The van der Waals surface area contributed by atoms with Gasteiger partial charge in [-0.1, -0.05) is 0 Å². The molecule has 0 bridgehead atoms. The summed E-state index contributed by atoms with van der Waals surface area (Å²) in [4.78, 5) is 20.4. The molecule has 0 amide bonds. The summed E-state index contributed by atoms with van der Waals surface area (Å²) in [6.07, 6.45) is 2.67. The number of furan rings is 1. The Balaban J connectivity index is 2.88. The molecule has 0 aliphatic heterocycles. The molecule has 0 fully saturated rings. The lowest BCUT2D eigenvalue weighted by atomic mass is 10.1. The molecule has 1 atom stereocenters. The van der Waals surface area contributed by atoms with Crippen molar-refractivity contribution in [2.75, 3.05) is 0 Å². The van der Waals surface area contributed by atoms with Crippen LogP contribution in [0.3, 0.4) is 0 Å². The minimum atomic E-state index is -1.30. The van der Waals surface area contributed by atoms with Gasteiger partial charge >= 0.3 is 5.97 Å². The summed E-state index contributed by atoms with van der Waals surface area (Å²) in [5, 5.41) is 8.42. The first kappa shape index (κ1) is 7.53. The fourth-order valence-electron chi connectivity index (χ4n) is 0.686. The number of hydrogen-bond acceptors (Lipinski definition) is 3. The number of aliphatic carboxylic acids is 1. The van der Waals surface area contributed by atoms with Crippen LogP contribution < -0.4 is 0 Å². The number of rotatable bonds is 3. The first-order chi connectivity index (χ1) is 5.25. The molecule has 0 spiro atoms. The minimum absolute atomic E-state index is 0.104. The van der Waals surface area contributed by atoms with Gasteiger partial charge in [0.1, 0.15) is 5.76 Å². The zero-order valence-electron chi connectivity index (χ0n) is 5.48. The molecule has 1 aromatic heterocycles. The van der Waals surface area contributed by atoms with Gasteiger partial charge in [-0.05, 0) is 12.1 Å². The van der Waals surface area contributed by atoms with E-state index in [1.165, 1.54) is 24.7 Å². The van der Waals surface area contributed by atoms with Gasteiger partial charge in [-0.3, -0.25) is 9.59 Å². The summed E-state index contributed by atoms with van der Waals surface area (Å²) in [6, 6.07) is 2.94. The predicted molar refractivity (Wildman–Crippen MR) is 34.8 cm³/mol. The molecule has 1 radical (unpaired) electrons. The second-order valence-electron chi connectivity index (χ2n) is 1.90. The van der Waals surface area contributed by atoms with Gasteiger partial charge in [-0.2, -0.15) is 0 Å². The standard InChI is InChI=1S/C7H5O4/c8-4-5(7(9)10)6-2-1-3-11-6/h1-3,5H,(H,9,10). The molecule has 1 unspecified atom stereocenters. The molecule has 1 rings (SSSR count). The summed E-state index contributed by atoms with van der Waals surface area (Å²) >= 11 is 0. The monoisotopic (exact) mass is 153 g/mol. The molecule has 4 heteroatoms. The Labute approximate surface area is 62.4 Å². The average Bonchev–Trinajstić information content (AvgIpc) is 2.40. The summed E-state index contributed by atoms with van der Waals surface area (Å²) in [5.41, 5.74) is 0. The van der Waals surface area contributed by atoms with Crippen molar-refractivity contribution in [1.29, 1.82) is 0 Å². The lowest BCUT2D eigenvalue weighted by Crippen LogP contribution is -2.11. The second kappa shape index (κ2) is 3.01. The van der Waals surface area contributed by atoms with Crippen molar-refractivity contribution in [3.63, 3.8) is 0 Å². The van der Waals surface area contributed by atoms with Crippen LogP contribution in [0.5, 0.6) is 0 Å². The fraction of sp³-hybridized carbons (Fsp3) is 0.143. The quantitative estimate of drug-likeness (QED) is 0.644. The number of carboxylic acid groups (broad SMARTS) is 1. The van der Waals surface area contributed by atoms with Crippen LogP contribution in [0.25, 0.3) is 0 Å². The van der Waals surface area contributed by atoms with E-state index in [9.17, 15) is 9.59 Å². The Kier molecular flexibility index (Phi) is 2.06.